The van der Waals surface area contributed by atoms with E-state index in [0.717, 1.165) is 25.7 Å². The Labute approximate surface area is 146 Å². The molecule has 1 atom stereocenters. The van der Waals surface area contributed by atoms with E-state index in [-0.39, 0.29) is 36.3 Å². The van der Waals surface area contributed by atoms with Gasteiger partial charge in [0, 0.05) is 26.1 Å². The standard InChI is InChI=1S/C18H24N2O5/c1-11-15(18(23)24)8-14(25-11)10-19(2)17(22)12-7-16(21)20(9-12)13-5-3-4-6-13/h8,12-13H,3-7,9-10H2,1-2H3,(H,23,24)/t12-/m0/s1. The van der Waals surface area contributed by atoms with Crippen molar-refractivity contribution in [2.24, 2.45) is 5.92 Å². The number of rotatable bonds is 5. The van der Waals surface area contributed by atoms with Crippen LogP contribution in [0.15, 0.2) is 10.5 Å². The Morgan fingerprint density at radius 2 is 2.04 bits per heavy atom. The Morgan fingerprint density at radius 1 is 1.36 bits per heavy atom. The maximum Gasteiger partial charge on any atom is 0.339 e. The third-order valence-electron chi connectivity index (χ3n) is 5.24. The number of nitrogens with zero attached hydrogens (tertiary/aromatic N) is 2. The molecule has 1 aromatic heterocycles. The molecule has 136 valence electrons. The van der Waals surface area contributed by atoms with Crippen LogP contribution in [0.25, 0.3) is 0 Å². The second-order valence-electron chi connectivity index (χ2n) is 7.07. The van der Waals surface area contributed by atoms with Crippen LogP contribution in [0.3, 0.4) is 0 Å². The summed E-state index contributed by atoms with van der Waals surface area (Å²) in [5, 5.41) is 9.07. The van der Waals surface area contributed by atoms with Gasteiger partial charge < -0.3 is 19.3 Å². The van der Waals surface area contributed by atoms with Gasteiger partial charge in [-0.2, -0.15) is 0 Å². The van der Waals surface area contributed by atoms with Gasteiger partial charge >= 0.3 is 5.97 Å². The molecular formula is C18H24N2O5. The highest BCUT2D eigenvalue weighted by Gasteiger charge is 2.39. The summed E-state index contributed by atoms with van der Waals surface area (Å²) < 4.78 is 5.43. The zero-order valence-corrected chi connectivity index (χ0v) is 14.7. The van der Waals surface area contributed by atoms with E-state index in [0.29, 0.717) is 24.1 Å². The minimum Gasteiger partial charge on any atom is -0.478 e. The first-order valence-corrected chi connectivity index (χ1v) is 8.74. The molecule has 0 aromatic carbocycles. The van der Waals surface area contributed by atoms with Gasteiger partial charge in [0.25, 0.3) is 0 Å². The molecule has 0 unspecified atom stereocenters. The topological polar surface area (TPSA) is 91.1 Å². The van der Waals surface area contributed by atoms with E-state index in [4.69, 9.17) is 9.52 Å². The molecule has 1 saturated carbocycles. The molecule has 7 heteroatoms. The number of carbonyl (C=O) groups excluding carboxylic acids is 2. The second-order valence-corrected chi connectivity index (χ2v) is 7.07. The predicted molar refractivity (Wildman–Crippen MR) is 89.0 cm³/mol. The molecule has 0 radical (unpaired) electrons. The maximum absolute atomic E-state index is 12.7. The first-order valence-electron chi connectivity index (χ1n) is 8.74. The van der Waals surface area contributed by atoms with Crippen molar-refractivity contribution in [1.82, 2.24) is 9.80 Å². The third kappa shape index (κ3) is 3.55. The van der Waals surface area contributed by atoms with Gasteiger partial charge in [0.2, 0.25) is 11.8 Å². The molecule has 2 aliphatic rings. The number of aromatic carboxylic acids is 1. The first kappa shape index (κ1) is 17.5. The van der Waals surface area contributed by atoms with E-state index in [1.807, 2.05) is 4.90 Å². The number of aryl methyl sites for hydroxylation is 1. The van der Waals surface area contributed by atoms with Crippen LogP contribution in [0, 0.1) is 12.8 Å². The van der Waals surface area contributed by atoms with Gasteiger partial charge in [-0.05, 0) is 25.8 Å². The normalized spacial score (nSPS) is 21.1. The lowest BCUT2D eigenvalue weighted by atomic mass is 10.1. The summed E-state index contributed by atoms with van der Waals surface area (Å²) in [6, 6.07) is 1.74. The highest BCUT2D eigenvalue weighted by atomic mass is 16.4. The van der Waals surface area contributed by atoms with Crippen LogP contribution in [-0.2, 0) is 16.1 Å². The van der Waals surface area contributed by atoms with Gasteiger partial charge in [-0.15, -0.1) is 0 Å². The molecule has 0 bridgehead atoms. The van der Waals surface area contributed by atoms with Crippen LogP contribution < -0.4 is 0 Å². The molecule has 2 amide bonds. The average molecular weight is 348 g/mol. The van der Waals surface area contributed by atoms with Crippen LogP contribution in [0.5, 0.6) is 0 Å². The van der Waals surface area contributed by atoms with Gasteiger partial charge in [0.15, 0.2) is 0 Å². The Morgan fingerprint density at radius 3 is 2.64 bits per heavy atom. The van der Waals surface area contributed by atoms with Crippen molar-refractivity contribution >= 4 is 17.8 Å². The van der Waals surface area contributed by atoms with Crippen LogP contribution in [0.2, 0.25) is 0 Å². The van der Waals surface area contributed by atoms with Gasteiger partial charge in [-0.25, -0.2) is 4.79 Å². The summed E-state index contributed by atoms with van der Waals surface area (Å²) in [5.74, 6) is -0.641. The van der Waals surface area contributed by atoms with E-state index >= 15 is 0 Å². The lowest BCUT2D eigenvalue weighted by Gasteiger charge is -2.25. The van der Waals surface area contributed by atoms with E-state index in [9.17, 15) is 14.4 Å². The van der Waals surface area contributed by atoms with Crippen LogP contribution in [-0.4, -0.2) is 52.3 Å². The predicted octanol–water partition coefficient (Wildman–Crippen LogP) is 2.04. The van der Waals surface area contributed by atoms with Crippen molar-refractivity contribution in [3.63, 3.8) is 0 Å². The number of likely N-dealkylation sites (tertiary alicyclic amines) is 1. The van der Waals surface area contributed by atoms with Crippen LogP contribution >= 0.6 is 0 Å². The fraction of sp³-hybridized carbons (Fsp3) is 0.611. The zero-order chi connectivity index (χ0) is 18.1. The van der Waals surface area contributed by atoms with Crippen molar-refractivity contribution in [3.8, 4) is 0 Å². The van der Waals surface area contributed by atoms with E-state index in [2.05, 4.69) is 0 Å². The van der Waals surface area contributed by atoms with Gasteiger partial charge in [-0.3, -0.25) is 9.59 Å². The SMILES string of the molecule is Cc1oc(CN(C)C(=O)[C@H]2CC(=O)N(C3CCCC3)C2)cc1C(=O)O. The molecule has 25 heavy (non-hydrogen) atoms. The summed E-state index contributed by atoms with van der Waals surface area (Å²) >= 11 is 0. The van der Waals surface area contributed by atoms with Crippen LogP contribution in [0.4, 0.5) is 0 Å². The number of carboxylic acid groups (broad SMARTS) is 1. The van der Waals surface area contributed by atoms with E-state index in [1.165, 1.54) is 11.0 Å². The number of carboxylic acids is 1. The minimum atomic E-state index is -1.05. The largest absolute Gasteiger partial charge is 0.478 e. The molecule has 1 aromatic rings. The lowest BCUT2D eigenvalue weighted by Crippen LogP contribution is -2.37. The Hall–Kier alpha value is -2.31. The summed E-state index contributed by atoms with van der Waals surface area (Å²) in [6.45, 7) is 2.27. The van der Waals surface area contributed by atoms with Crippen molar-refractivity contribution in [3.05, 3.63) is 23.2 Å². The van der Waals surface area contributed by atoms with Crippen molar-refractivity contribution in [2.45, 2.75) is 51.6 Å². The molecule has 0 spiro atoms. The average Bonchev–Trinajstić information content (AvgIpc) is 3.26. The smallest absolute Gasteiger partial charge is 0.339 e. The highest BCUT2D eigenvalue weighted by molar-refractivity contribution is 5.90. The lowest BCUT2D eigenvalue weighted by molar-refractivity contribution is -0.135. The van der Waals surface area contributed by atoms with Crippen LogP contribution in [0.1, 0.15) is 54.0 Å². The number of hydrogen-bond acceptors (Lipinski definition) is 4. The molecule has 1 N–H and O–H groups in total. The van der Waals surface area contributed by atoms with E-state index < -0.39 is 5.97 Å². The van der Waals surface area contributed by atoms with Crippen molar-refractivity contribution in [1.29, 1.82) is 0 Å². The molecular weight excluding hydrogens is 324 g/mol. The number of furan rings is 1. The Bertz CT molecular complexity index is 690. The molecule has 1 saturated heterocycles. The maximum atomic E-state index is 12.7. The number of carbonyl (C=O) groups is 3. The van der Waals surface area contributed by atoms with Gasteiger partial charge in [0.05, 0.1) is 12.5 Å². The monoisotopic (exact) mass is 348 g/mol. The van der Waals surface area contributed by atoms with E-state index in [1.54, 1.807) is 14.0 Å². The zero-order valence-electron chi connectivity index (χ0n) is 14.7. The fourth-order valence-corrected chi connectivity index (χ4v) is 3.92. The van der Waals surface area contributed by atoms with Gasteiger partial charge in [0.1, 0.15) is 17.1 Å². The Kier molecular flexibility index (Phi) is 4.83. The fourth-order valence-electron chi connectivity index (χ4n) is 3.92. The summed E-state index contributed by atoms with van der Waals surface area (Å²) in [5.41, 5.74) is 0.110. The van der Waals surface area contributed by atoms with Crippen molar-refractivity contribution in [2.75, 3.05) is 13.6 Å². The molecule has 1 aliphatic carbocycles. The van der Waals surface area contributed by atoms with Crippen molar-refractivity contribution < 1.29 is 23.9 Å². The number of hydrogen-bond donors (Lipinski definition) is 1. The highest BCUT2D eigenvalue weighted by Crippen LogP contribution is 2.30. The Balaban J connectivity index is 1.61. The summed E-state index contributed by atoms with van der Waals surface area (Å²) in [4.78, 5) is 39.4. The third-order valence-corrected chi connectivity index (χ3v) is 5.24. The first-order chi connectivity index (χ1) is 11.9. The summed E-state index contributed by atoms with van der Waals surface area (Å²) in [7, 11) is 1.66. The van der Waals surface area contributed by atoms with Gasteiger partial charge in [-0.1, -0.05) is 12.8 Å². The molecule has 7 nitrogen and oxygen atoms in total. The summed E-state index contributed by atoms with van der Waals surface area (Å²) in [6.07, 6.45) is 4.63. The molecule has 2 heterocycles. The second kappa shape index (κ2) is 6.90. The molecule has 1 aliphatic heterocycles. The molecule has 2 fully saturated rings. The molecule has 3 rings (SSSR count). The minimum absolute atomic E-state index is 0.0701. The quantitative estimate of drug-likeness (QED) is 0.879. The number of amides is 2.